The summed E-state index contributed by atoms with van der Waals surface area (Å²) in [5.74, 6) is 1.33. The normalized spacial score (nSPS) is 17.7. The number of rotatable bonds is 5. The molecule has 0 bridgehead atoms. The molecule has 1 fully saturated rings. The fourth-order valence-corrected chi connectivity index (χ4v) is 2.67. The molecule has 0 amide bonds. The first-order chi connectivity index (χ1) is 9.11. The Morgan fingerprint density at radius 1 is 1.37 bits per heavy atom. The van der Waals surface area contributed by atoms with Gasteiger partial charge in [-0.15, -0.1) is 0 Å². The van der Waals surface area contributed by atoms with Gasteiger partial charge in [-0.1, -0.05) is 12.8 Å². The highest BCUT2D eigenvalue weighted by Gasteiger charge is 2.18. The Morgan fingerprint density at radius 2 is 2.05 bits per heavy atom. The summed E-state index contributed by atoms with van der Waals surface area (Å²) in [6.07, 6.45) is 5.15. The number of benzene rings is 1. The van der Waals surface area contributed by atoms with E-state index in [4.69, 9.17) is 4.74 Å². The smallest absolute Gasteiger partial charge is 0.126 e. The van der Waals surface area contributed by atoms with Crippen LogP contribution in [0, 0.1) is 18.7 Å². The Bertz CT molecular complexity index is 427. The topological polar surface area (TPSA) is 21.3 Å². The van der Waals surface area contributed by atoms with Gasteiger partial charge in [-0.3, -0.25) is 0 Å². The van der Waals surface area contributed by atoms with Crippen molar-refractivity contribution in [2.24, 2.45) is 5.92 Å². The quantitative estimate of drug-likeness (QED) is 0.869. The lowest BCUT2D eigenvalue weighted by Gasteiger charge is -2.19. The predicted molar refractivity (Wildman–Crippen MR) is 76.1 cm³/mol. The number of hydrogen-bond acceptors (Lipinski definition) is 2. The second-order valence-corrected chi connectivity index (χ2v) is 5.61. The monoisotopic (exact) mass is 265 g/mol. The number of nitrogens with one attached hydrogen (secondary N) is 1. The third kappa shape index (κ3) is 3.47. The molecule has 19 heavy (non-hydrogen) atoms. The van der Waals surface area contributed by atoms with Gasteiger partial charge in [0.1, 0.15) is 11.6 Å². The van der Waals surface area contributed by atoms with Gasteiger partial charge >= 0.3 is 0 Å². The highest BCUT2D eigenvalue weighted by molar-refractivity contribution is 5.40. The van der Waals surface area contributed by atoms with Gasteiger partial charge in [-0.05, 0) is 57.4 Å². The van der Waals surface area contributed by atoms with E-state index >= 15 is 0 Å². The molecular formula is C16H24FNO. The first-order valence-corrected chi connectivity index (χ1v) is 7.22. The van der Waals surface area contributed by atoms with Crippen molar-refractivity contribution in [3.8, 4) is 5.75 Å². The number of hydrogen-bond donors (Lipinski definition) is 1. The van der Waals surface area contributed by atoms with Crippen LogP contribution in [-0.2, 0) is 0 Å². The summed E-state index contributed by atoms with van der Waals surface area (Å²) >= 11 is 0. The van der Waals surface area contributed by atoms with Crippen LogP contribution >= 0.6 is 0 Å². The molecule has 106 valence electrons. The van der Waals surface area contributed by atoms with E-state index in [1.807, 2.05) is 20.0 Å². The number of aryl methyl sites for hydroxylation is 1. The molecule has 2 nitrogen and oxygen atoms in total. The van der Waals surface area contributed by atoms with Crippen molar-refractivity contribution in [2.45, 2.75) is 45.6 Å². The zero-order chi connectivity index (χ0) is 13.8. The van der Waals surface area contributed by atoms with Crippen LogP contribution in [0.5, 0.6) is 5.75 Å². The molecule has 1 saturated carbocycles. The maximum Gasteiger partial charge on any atom is 0.126 e. The van der Waals surface area contributed by atoms with Crippen LogP contribution in [-0.4, -0.2) is 13.7 Å². The lowest BCUT2D eigenvalue weighted by Crippen LogP contribution is -2.16. The van der Waals surface area contributed by atoms with E-state index in [1.54, 1.807) is 13.0 Å². The van der Waals surface area contributed by atoms with Gasteiger partial charge in [0.25, 0.3) is 0 Å². The van der Waals surface area contributed by atoms with Crippen LogP contribution in [0.2, 0.25) is 0 Å². The molecule has 1 unspecified atom stereocenters. The summed E-state index contributed by atoms with van der Waals surface area (Å²) in [7, 11) is 1.88. The second-order valence-electron chi connectivity index (χ2n) is 5.61. The third-order valence-electron chi connectivity index (χ3n) is 4.14. The molecule has 1 aliphatic carbocycles. The van der Waals surface area contributed by atoms with E-state index in [9.17, 15) is 4.39 Å². The molecule has 3 heteroatoms. The van der Waals surface area contributed by atoms with E-state index in [1.165, 1.54) is 25.7 Å². The maximum atomic E-state index is 13.7. The van der Waals surface area contributed by atoms with Gasteiger partial charge in [0.15, 0.2) is 0 Å². The molecule has 1 atom stereocenters. The molecular weight excluding hydrogens is 241 g/mol. The summed E-state index contributed by atoms with van der Waals surface area (Å²) in [4.78, 5) is 0. The zero-order valence-corrected chi connectivity index (χ0v) is 12.1. The van der Waals surface area contributed by atoms with Crippen molar-refractivity contribution in [3.63, 3.8) is 0 Å². The minimum absolute atomic E-state index is 0.0914. The maximum absolute atomic E-state index is 13.7. The van der Waals surface area contributed by atoms with Gasteiger partial charge < -0.3 is 10.1 Å². The summed E-state index contributed by atoms with van der Waals surface area (Å²) < 4.78 is 19.7. The van der Waals surface area contributed by atoms with Crippen LogP contribution in [0.1, 0.15) is 49.8 Å². The summed E-state index contributed by atoms with van der Waals surface area (Å²) in [6, 6.07) is 3.52. The SMILES string of the molecule is CNC(C)c1cc(F)c(C)cc1OCC1CCCC1. The third-order valence-corrected chi connectivity index (χ3v) is 4.14. The largest absolute Gasteiger partial charge is 0.493 e. The van der Waals surface area contributed by atoms with Crippen molar-refractivity contribution in [3.05, 3.63) is 29.1 Å². The van der Waals surface area contributed by atoms with Crippen LogP contribution in [0.15, 0.2) is 12.1 Å². The van der Waals surface area contributed by atoms with Gasteiger partial charge in [-0.2, -0.15) is 0 Å². The van der Waals surface area contributed by atoms with Crippen molar-refractivity contribution in [1.29, 1.82) is 0 Å². The van der Waals surface area contributed by atoms with E-state index in [0.29, 0.717) is 11.5 Å². The minimum atomic E-state index is -0.162. The van der Waals surface area contributed by atoms with Gasteiger partial charge in [0.05, 0.1) is 6.61 Å². The molecule has 0 heterocycles. The van der Waals surface area contributed by atoms with E-state index in [-0.39, 0.29) is 11.9 Å². The fraction of sp³-hybridized carbons (Fsp3) is 0.625. The molecule has 2 rings (SSSR count). The molecule has 1 aliphatic rings. The van der Waals surface area contributed by atoms with Gasteiger partial charge in [0.2, 0.25) is 0 Å². The summed E-state index contributed by atoms with van der Waals surface area (Å²) in [5, 5.41) is 3.15. The van der Waals surface area contributed by atoms with Crippen LogP contribution in [0.25, 0.3) is 0 Å². The van der Waals surface area contributed by atoms with Crippen molar-refractivity contribution in [2.75, 3.05) is 13.7 Å². The van der Waals surface area contributed by atoms with Crippen LogP contribution in [0.4, 0.5) is 4.39 Å². The zero-order valence-electron chi connectivity index (χ0n) is 12.1. The summed E-state index contributed by atoms with van der Waals surface area (Å²) in [6.45, 7) is 4.56. The highest BCUT2D eigenvalue weighted by Crippen LogP contribution is 2.30. The lowest BCUT2D eigenvalue weighted by molar-refractivity contribution is 0.248. The first kappa shape index (κ1) is 14.3. The van der Waals surface area contributed by atoms with Crippen molar-refractivity contribution >= 4 is 0 Å². The molecule has 1 aromatic rings. The van der Waals surface area contributed by atoms with Crippen LogP contribution in [0.3, 0.4) is 0 Å². The minimum Gasteiger partial charge on any atom is -0.493 e. The summed E-state index contributed by atoms with van der Waals surface area (Å²) in [5.41, 5.74) is 1.55. The Kier molecular flexibility index (Phi) is 4.81. The van der Waals surface area contributed by atoms with Gasteiger partial charge in [0, 0.05) is 11.6 Å². The number of ether oxygens (including phenoxy) is 1. The molecule has 0 spiro atoms. The Balaban J connectivity index is 2.14. The fourth-order valence-electron chi connectivity index (χ4n) is 2.67. The molecule has 0 aromatic heterocycles. The lowest BCUT2D eigenvalue weighted by atomic mass is 10.0. The molecule has 1 aromatic carbocycles. The van der Waals surface area contributed by atoms with E-state index < -0.39 is 0 Å². The standard InChI is InChI=1S/C16H24FNO/c1-11-8-16(19-10-13-6-4-5-7-13)14(9-15(11)17)12(2)18-3/h8-9,12-13,18H,4-7,10H2,1-3H3. The average molecular weight is 265 g/mol. The van der Waals surface area contributed by atoms with Crippen molar-refractivity contribution < 1.29 is 9.13 Å². The van der Waals surface area contributed by atoms with Crippen LogP contribution < -0.4 is 10.1 Å². The van der Waals surface area contributed by atoms with E-state index in [0.717, 1.165) is 17.9 Å². The molecule has 0 saturated heterocycles. The van der Waals surface area contributed by atoms with Crippen molar-refractivity contribution in [1.82, 2.24) is 5.32 Å². The first-order valence-electron chi connectivity index (χ1n) is 7.22. The second kappa shape index (κ2) is 6.38. The molecule has 0 aliphatic heterocycles. The van der Waals surface area contributed by atoms with E-state index in [2.05, 4.69) is 5.32 Å². The molecule has 1 N–H and O–H groups in total. The Hall–Kier alpha value is -1.09. The van der Waals surface area contributed by atoms with Gasteiger partial charge in [-0.25, -0.2) is 4.39 Å². The Labute approximate surface area is 115 Å². The number of halogens is 1. The molecule has 0 radical (unpaired) electrons. The predicted octanol–water partition coefficient (Wildman–Crippen LogP) is 3.98. The Morgan fingerprint density at radius 3 is 2.68 bits per heavy atom. The average Bonchev–Trinajstić information content (AvgIpc) is 2.92. The highest BCUT2D eigenvalue weighted by atomic mass is 19.1.